The molecule has 380 valence electrons. The first kappa shape index (κ1) is 65.6. The fourth-order valence-corrected chi connectivity index (χ4v) is 9.72. The van der Waals surface area contributed by atoms with Gasteiger partial charge in [0.2, 0.25) is 17.7 Å². The van der Waals surface area contributed by atoms with E-state index in [9.17, 15) is 48.6 Å². The number of carbonyl (C=O) groups is 7. The van der Waals surface area contributed by atoms with E-state index in [1.165, 1.54) is 91.5 Å². The van der Waals surface area contributed by atoms with Crippen LogP contribution in [0.15, 0.2) is 24.3 Å². The third-order valence-electron chi connectivity index (χ3n) is 11.4. The minimum absolute atomic E-state index is 0. The number of phenols is 1. The zero-order chi connectivity index (χ0) is 49.7. The molecule has 3 amide bonds. The van der Waals surface area contributed by atoms with Crippen molar-refractivity contribution in [3.05, 3.63) is 35.6 Å². The number of phenolic OH excluding ortho intramolecular Hbond substituents is 1. The van der Waals surface area contributed by atoms with Crippen LogP contribution in [0.2, 0.25) is 0 Å². The number of amides is 3. The molecule has 1 heterocycles. The predicted octanol–water partition coefficient (Wildman–Crippen LogP) is 3.51. The number of nitrogens with two attached hydrogens (primary N) is 2. The number of carboxylic acid groups (broad SMARTS) is 2. The van der Waals surface area contributed by atoms with Crippen LogP contribution in [0, 0.1) is 5.92 Å². The maximum absolute atomic E-state index is 12.5. The maximum atomic E-state index is 12.5. The molecule has 0 bridgehead atoms. The number of Topliss-reactive ketones (excluding diaryl/α,β-unsaturated/α-hetero) is 2. The average Bonchev–Trinajstić information content (AvgIpc) is 3.29. The van der Waals surface area contributed by atoms with E-state index in [1.54, 1.807) is 18.4 Å². The fraction of sp³-hybridized carbons (Fsp3) is 0.708. The van der Waals surface area contributed by atoms with Crippen LogP contribution >= 0.6 is 21.6 Å². The van der Waals surface area contributed by atoms with Crippen LogP contribution in [-0.2, 0) is 44.8 Å². The topological polar surface area (TPSA) is 309 Å². The van der Waals surface area contributed by atoms with E-state index < -0.39 is 53.8 Å². The van der Waals surface area contributed by atoms with Gasteiger partial charge >= 0.3 is 63.3 Å². The first-order chi connectivity index (χ1) is 32.2. The molecule has 2 rings (SSSR count). The van der Waals surface area contributed by atoms with Crippen LogP contribution in [0.1, 0.15) is 160 Å². The van der Waals surface area contributed by atoms with Crippen LogP contribution in [0.25, 0.3) is 5.73 Å². The molecule has 1 aromatic carbocycles. The van der Waals surface area contributed by atoms with Gasteiger partial charge in [-0.25, -0.2) is 11.1 Å². The van der Waals surface area contributed by atoms with E-state index in [4.69, 9.17) is 22.3 Å². The zero-order valence-corrected chi connectivity index (χ0v) is 45.0. The Labute approximate surface area is 454 Å². The second kappa shape index (κ2) is 42.3. The molecular formula is C48H78KN6O11S2-. The van der Waals surface area contributed by atoms with Crippen molar-refractivity contribution in [3.63, 3.8) is 0 Å². The summed E-state index contributed by atoms with van der Waals surface area (Å²) < 4.78 is 0. The molecule has 1 aliphatic rings. The Morgan fingerprint density at radius 1 is 0.706 bits per heavy atom. The Kier molecular flexibility index (Phi) is 40.8. The summed E-state index contributed by atoms with van der Waals surface area (Å²) in [5.41, 5.74) is 19.4. The van der Waals surface area contributed by atoms with Gasteiger partial charge in [-0.3, -0.25) is 29.3 Å². The van der Waals surface area contributed by atoms with Crippen molar-refractivity contribution in [2.24, 2.45) is 17.4 Å². The number of carbonyl (C=O) groups excluding carboxylic acids is 6. The molecule has 0 radical (unpaired) electrons. The van der Waals surface area contributed by atoms with Crippen molar-refractivity contribution in [1.82, 2.24) is 16.0 Å². The minimum atomic E-state index is -1.18. The average molecular weight is 1020 g/mol. The van der Waals surface area contributed by atoms with Crippen molar-refractivity contribution in [2.75, 3.05) is 24.6 Å². The van der Waals surface area contributed by atoms with Gasteiger partial charge in [0.1, 0.15) is 17.6 Å². The largest absolute Gasteiger partial charge is 1.00 e. The van der Waals surface area contributed by atoms with E-state index in [2.05, 4.69) is 16.0 Å². The number of ketones is 2. The minimum Gasteiger partial charge on any atom is -0.668 e. The maximum Gasteiger partial charge on any atom is 1.00 e. The number of aliphatic carboxylic acids is 2. The summed E-state index contributed by atoms with van der Waals surface area (Å²) in [6.07, 6.45) is 22.5. The number of hydrogen-bond acceptors (Lipinski definition) is 13. The smallest absolute Gasteiger partial charge is 0.668 e. The normalized spacial score (nSPS) is 16.0. The van der Waals surface area contributed by atoms with E-state index in [1.807, 2.05) is 0 Å². The molecule has 20 heteroatoms. The Bertz CT molecular complexity index is 1610. The van der Waals surface area contributed by atoms with Crippen molar-refractivity contribution in [1.29, 1.82) is 0 Å². The third kappa shape index (κ3) is 34.8. The van der Waals surface area contributed by atoms with Crippen LogP contribution in [0.5, 0.6) is 5.75 Å². The molecule has 5 atom stereocenters. The van der Waals surface area contributed by atoms with Gasteiger partial charge in [0.15, 0.2) is 5.78 Å². The van der Waals surface area contributed by atoms with Gasteiger partial charge in [-0.2, -0.15) is 0 Å². The summed E-state index contributed by atoms with van der Waals surface area (Å²) in [4.78, 5) is 93.3. The Morgan fingerprint density at radius 3 is 1.72 bits per heavy atom. The number of hydrogen-bond donors (Lipinski definition) is 8. The molecular weight excluding hydrogens is 940 g/mol. The Balaban J connectivity index is 0.00000142. The second-order valence-corrected chi connectivity index (χ2v) is 19.8. The van der Waals surface area contributed by atoms with E-state index >= 15 is 0 Å². The predicted molar refractivity (Wildman–Crippen MR) is 264 cm³/mol. The number of aromatic hydroxyl groups is 1. The quantitative estimate of drug-likeness (QED) is 0.0205. The third-order valence-corrected chi connectivity index (χ3v) is 13.9. The van der Waals surface area contributed by atoms with E-state index in [0.29, 0.717) is 50.2 Å². The Hall–Kier alpha value is -2.40. The standard InChI is InChI=1S/C31H56N3O7.C17H22N3O4S2.K/c32-24-18-17-19-26(25-35)33-29(37)23-22-27(31(40)41)34-28(36)20-15-13-11-9-7-5-3-1-2-4-6-8-10-12-14-16-21-30(38)39;18-13-9-26-25-8-11(6-15(13)22)16(23)7-20-14(17(19)24)5-10-1-3-12(21)4-2-10;/h26-27H,1-24,32H2,(H,33,37)(H,34,36)(H,38,39)(H,40,41);1-4,11,13-14,18,20-21H,5-9H2,(H2,19,24);/q2*-1;+1/t26-,27?;11-,13-,14-;/m00./s1. The summed E-state index contributed by atoms with van der Waals surface area (Å²) >= 11 is 0. The molecule has 68 heavy (non-hydrogen) atoms. The summed E-state index contributed by atoms with van der Waals surface area (Å²) in [7, 11) is 2.93. The van der Waals surface area contributed by atoms with Crippen molar-refractivity contribution >= 4 is 69.1 Å². The van der Waals surface area contributed by atoms with Gasteiger partial charge in [0, 0.05) is 37.4 Å². The van der Waals surface area contributed by atoms with Crippen molar-refractivity contribution in [2.45, 2.75) is 185 Å². The van der Waals surface area contributed by atoms with Gasteiger partial charge in [-0.1, -0.05) is 149 Å². The molecule has 0 aliphatic carbocycles. The van der Waals surface area contributed by atoms with Crippen LogP contribution in [-0.4, -0.2) is 112 Å². The molecule has 0 aromatic heterocycles. The van der Waals surface area contributed by atoms with Gasteiger partial charge in [-0.15, -0.1) is 0 Å². The molecule has 1 saturated heterocycles. The summed E-state index contributed by atoms with van der Waals surface area (Å²) in [5, 5.41) is 35.3. The number of benzene rings is 1. The zero-order valence-electron chi connectivity index (χ0n) is 40.3. The second-order valence-electron chi connectivity index (χ2n) is 17.2. The molecule has 1 aliphatic heterocycles. The van der Waals surface area contributed by atoms with Crippen molar-refractivity contribution in [3.8, 4) is 5.75 Å². The number of carboxylic acids is 2. The van der Waals surface area contributed by atoms with Gasteiger partial charge < -0.3 is 52.7 Å². The Morgan fingerprint density at radius 2 is 1.22 bits per heavy atom. The molecule has 0 saturated carbocycles. The molecule has 0 spiro atoms. The monoisotopic (exact) mass is 1020 g/mol. The number of rotatable bonds is 37. The summed E-state index contributed by atoms with van der Waals surface area (Å²) in [6, 6.07) is 3.02. The van der Waals surface area contributed by atoms with E-state index in [0.717, 1.165) is 50.5 Å². The van der Waals surface area contributed by atoms with E-state index in [-0.39, 0.29) is 107 Å². The van der Waals surface area contributed by atoms with Crippen LogP contribution in [0.3, 0.4) is 0 Å². The van der Waals surface area contributed by atoms with Crippen LogP contribution in [0.4, 0.5) is 0 Å². The van der Waals surface area contributed by atoms with Gasteiger partial charge in [-0.05, 0) is 62.1 Å². The first-order valence-corrected chi connectivity index (χ1v) is 26.6. The van der Waals surface area contributed by atoms with Gasteiger partial charge in [0.25, 0.3) is 0 Å². The number of unbranched alkanes of at least 4 members (excludes halogenated alkanes) is 16. The van der Waals surface area contributed by atoms with Crippen LogP contribution < -0.4 is 78.8 Å². The van der Waals surface area contributed by atoms with Gasteiger partial charge in [0.05, 0.1) is 12.6 Å². The number of nitrogens with one attached hydrogen (secondary N) is 4. The fourth-order valence-electron chi connectivity index (χ4n) is 7.26. The summed E-state index contributed by atoms with van der Waals surface area (Å²) in [6.45, 7) is 0.445. The number of primary amides is 1. The van der Waals surface area contributed by atoms with Crippen molar-refractivity contribution < 1.29 is 105 Å². The molecule has 1 aromatic rings. The first-order valence-electron chi connectivity index (χ1n) is 24.1. The molecule has 17 nitrogen and oxygen atoms in total. The summed E-state index contributed by atoms with van der Waals surface area (Å²) in [5.74, 6) is -2.95. The molecule has 1 fully saturated rings. The molecule has 11 N–H and O–H groups in total. The SMILES string of the molecule is NCCCC[C@@H]([C-]=O)NC(=O)CCC(NC(=O)CCCCCCCCCCCCCCCCCCC(=O)O)C(=O)O.[K+].[NH-][C@H]1CSSC[C@@H](C(=O)CN[C@@H](Cc2ccc(O)cc2)C(N)=O)CC1=O. The molecule has 1 unspecified atom stereocenters.